The Balaban J connectivity index is 1.56. The number of nitrogen functional groups attached to an aromatic ring is 1. The number of esters is 1. The van der Waals surface area contributed by atoms with Crippen molar-refractivity contribution in [2.45, 2.75) is 0 Å². The third kappa shape index (κ3) is 4.03. The minimum absolute atomic E-state index is 0.184. The molecule has 1 aliphatic rings. The number of carbonyl (C=O) groups is 1. The minimum atomic E-state index is -0.416. The number of nitrogens with two attached hydrogens (primary N) is 1. The molecule has 31 heavy (non-hydrogen) atoms. The molecule has 9 nitrogen and oxygen atoms in total. The van der Waals surface area contributed by atoms with E-state index in [9.17, 15) is 4.79 Å². The van der Waals surface area contributed by atoms with E-state index in [1.165, 1.54) is 11.3 Å². The largest absolute Gasteiger partial charge is 0.412 e. The lowest BCUT2D eigenvalue weighted by Gasteiger charge is -2.28. The number of anilines is 2. The molecule has 3 aromatic heterocycles. The first-order chi connectivity index (χ1) is 15.2. The van der Waals surface area contributed by atoms with Crippen molar-refractivity contribution in [3.63, 3.8) is 0 Å². The third-order valence-electron chi connectivity index (χ3n) is 4.77. The summed E-state index contributed by atoms with van der Waals surface area (Å²) >= 11 is 1.35. The Morgan fingerprint density at radius 2 is 1.84 bits per heavy atom. The van der Waals surface area contributed by atoms with Crippen molar-refractivity contribution < 1.29 is 14.3 Å². The van der Waals surface area contributed by atoms with Crippen LogP contribution < -0.4 is 15.4 Å². The summed E-state index contributed by atoms with van der Waals surface area (Å²) in [6.07, 6.45) is 3.19. The molecular formula is C21H18N6O3S. The van der Waals surface area contributed by atoms with Gasteiger partial charge in [-0.05, 0) is 12.1 Å². The predicted octanol–water partition coefficient (Wildman–Crippen LogP) is 2.79. The molecule has 2 N–H and O–H groups in total. The number of hydrogen-bond acceptors (Lipinski definition) is 10. The number of thiophene rings is 1. The van der Waals surface area contributed by atoms with Gasteiger partial charge in [-0.3, -0.25) is 0 Å². The number of fused-ring (bicyclic) bond motifs is 1. The lowest BCUT2D eigenvalue weighted by Crippen LogP contribution is -2.36. The molecule has 4 heterocycles. The van der Waals surface area contributed by atoms with Gasteiger partial charge in [0.05, 0.1) is 34.6 Å². The predicted molar refractivity (Wildman–Crippen MR) is 117 cm³/mol. The molecule has 0 bridgehead atoms. The van der Waals surface area contributed by atoms with Gasteiger partial charge in [0.15, 0.2) is 16.7 Å². The molecule has 0 saturated carbocycles. The zero-order chi connectivity index (χ0) is 21.2. The molecule has 0 unspecified atom stereocenters. The monoisotopic (exact) mass is 434 g/mol. The molecule has 1 aromatic carbocycles. The van der Waals surface area contributed by atoms with Crippen LogP contribution in [0.5, 0.6) is 5.06 Å². The van der Waals surface area contributed by atoms with Crippen molar-refractivity contribution in [3.05, 3.63) is 54.4 Å². The molecule has 10 heteroatoms. The van der Waals surface area contributed by atoms with Gasteiger partial charge >= 0.3 is 5.97 Å². The van der Waals surface area contributed by atoms with Crippen molar-refractivity contribution >= 4 is 39.3 Å². The number of hydrogen-bond donors (Lipinski definition) is 1. The fourth-order valence-corrected chi connectivity index (χ4v) is 4.20. The topological polar surface area (TPSA) is 116 Å². The van der Waals surface area contributed by atoms with E-state index in [2.05, 4.69) is 19.9 Å². The smallest absolute Gasteiger partial charge is 0.344 e. The highest BCUT2D eigenvalue weighted by atomic mass is 32.1. The van der Waals surface area contributed by atoms with Crippen molar-refractivity contribution in [3.8, 4) is 16.5 Å². The molecule has 0 amide bonds. The maximum absolute atomic E-state index is 12.5. The number of nitrogens with zero attached hydrogens (tertiary/aromatic N) is 5. The van der Waals surface area contributed by atoms with Crippen molar-refractivity contribution in [2.24, 2.45) is 0 Å². The van der Waals surface area contributed by atoms with Crippen LogP contribution >= 0.6 is 11.3 Å². The first kappa shape index (κ1) is 19.3. The SMILES string of the molecule is Nc1ncc(-c2nc(N3CCOCC3)c3sc(OC(=O)c4ccccc4)cc3n2)cn1. The van der Waals surface area contributed by atoms with Crippen LogP contribution in [0.2, 0.25) is 0 Å². The van der Waals surface area contributed by atoms with Gasteiger partial charge in [0, 0.05) is 31.5 Å². The van der Waals surface area contributed by atoms with Gasteiger partial charge in [0.1, 0.15) is 0 Å². The Labute approximate surface area is 181 Å². The number of ether oxygens (including phenoxy) is 2. The average Bonchev–Trinajstić information content (AvgIpc) is 3.22. The van der Waals surface area contributed by atoms with Gasteiger partial charge in [-0.2, -0.15) is 0 Å². The summed E-state index contributed by atoms with van der Waals surface area (Å²) in [5.41, 5.74) is 7.43. The summed E-state index contributed by atoms with van der Waals surface area (Å²) in [4.78, 5) is 32.2. The lowest BCUT2D eigenvalue weighted by molar-refractivity contribution is 0.0741. The van der Waals surface area contributed by atoms with Crippen LogP contribution in [0.25, 0.3) is 21.6 Å². The van der Waals surface area contributed by atoms with Crippen molar-refractivity contribution in [2.75, 3.05) is 36.9 Å². The number of rotatable bonds is 4. The maximum Gasteiger partial charge on any atom is 0.344 e. The van der Waals surface area contributed by atoms with E-state index in [0.29, 0.717) is 53.8 Å². The zero-order valence-electron chi connectivity index (χ0n) is 16.4. The molecule has 1 saturated heterocycles. The first-order valence-corrected chi connectivity index (χ1v) is 10.5. The van der Waals surface area contributed by atoms with Crippen LogP contribution in [0.3, 0.4) is 0 Å². The van der Waals surface area contributed by atoms with Crippen LogP contribution in [0.15, 0.2) is 48.8 Å². The van der Waals surface area contributed by atoms with Crippen LogP contribution in [0, 0.1) is 0 Å². The van der Waals surface area contributed by atoms with E-state index in [1.807, 2.05) is 6.07 Å². The Kier molecular flexibility index (Phi) is 5.14. The second kappa shape index (κ2) is 8.25. The van der Waals surface area contributed by atoms with Crippen LogP contribution in [0.4, 0.5) is 11.8 Å². The maximum atomic E-state index is 12.5. The normalized spacial score (nSPS) is 14.0. The van der Waals surface area contributed by atoms with E-state index in [4.69, 9.17) is 20.2 Å². The number of carbonyl (C=O) groups excluding carboxylic acids is 1. The van der Waals surface area contributed by atoms with Crippen molar-refractivity contribution in [1.82, 2.24) is 19.9 Å². The molecule has 0 radical (unpaired) electrons. The Morgan fingerprint density at radius 3 is 2.58 bits per heavy atom. The van der Waals surface area contributed by atoms with E-state index >= 15 is 0 Å². The highest BCUT2D eigenvalue weighted by Gasteiger charge is 2.21. The highest BCUT2D eigenvalue weighted by molar-refractivity contribution is 7.21. The van der Waals surface area contributed by atoms with Crippen molar-refractivity contribution in [1.29, 1.82) is 0 Å². The quantitative estimate of drug-likeness (QED) is 0.484. The van der Waals surface area contributed by atoms with E-state index in [0.717, 1.165) is 10.5 Å². The summed E-state index contributed by atoms with van der Waals surface area (Å²) in [5.74, 6) is 1.02. The van der Waals surface area contributed by atoms with E-state index in [1.54, 1.807) is 42.7 Å². The van der Waals surface area contributed by atoms with Crippen LogP contribution in [-0.4, -0.2) is 52.2 Å². The first-order valence-electron chi connectivity index (χ1n) is 9.67. The summed E-state index contributed by atoms with van der Waals surface area (Å²) in [6, 6.07) is 10.6. The molecule has 0 spiro atoms. The molecular weight excluding hydrogens is 416 g/mol. The van der Waals surface area contributed by atoms with Gasteiger partial charge in [0.2, 0.25) is 5.95 Å². The lowest BCUT2D eigenvalue weighted by atomic mass is 10.2. The molecule has 1 aliphatic heterocycles. The molecule has 5 rings (SSSR count). The van der Waals surface area contributed by atoms with Gasteiger partial charge in [-0.25, -0.2) is 24.7 Å². The fraction of sp³-hybridized carbons (Fsp3) is 0.190. The molecule has 0 aliphatic carbocycles. The fourth-order valence-electron chi connectivity index (χ4n) is 3.24. The molecule has 156 valence electrons. The Hall–Kier alpha value is -3.63. The molecule has 4 aromatic rings. The van der Waals surface area contributed by atoms with Gasteiger partial charge in [0.25, 0.3) is 0 Å². The van der Waals surface area contributed by atoms with Crippen LogP contribution in [0.1, 0.15) is 10.4 Å². The number of aromatic nitrogens is 4. The number of benzene rings is 1. The standard InChI is InChI=1S/C21H18N6O3S/c22-21-23-11-14(12-24-21)18-25-15-10-16(30-20(28)13-4-2-1-3-5-13)31-17(15)19(26-18)27-6-8-29-9-7-27/h1-5,10-12H,6-9H2,(H2,22,23,24). The summed E-state index contributed by atoms with van der Waals surface area (Å²) in [6.45, 7) is 2.65. The summed E-state index contributed by atoms with van der Waals surface area (Å²) in [5, 5.41) is 0.457. The van der Waals surface area contributed by atoms with E-state index in [-0.39, 0.29) is 5.95 Å². The zero-order valence-corrected chi connectivity index (χ0v) is 17.2. The summed E-state index contributed by atoms with van der Waals surface area (Å²) in [7, 11) is 0. The average molecular weight is 434 g/mol. The van der Waals surface area contributed by atoms with Gasteiger partial charge < -0.3 is 20.1 Å². The second-order valence-corrected chi connectivity index (χ2v) is 7.85. The minimum Gasteiger partial charge on any atom is -0.412 e. The Bertz CT molecular complexity index is 1220. The Morgan fingerprint density at radius 1 is 1.10 bits per heavy atom. The molecule has 0 atom stereocenters. The summed E-state index contributed by atoms with van der Waals surface area (Å²) < 4.78 is 11.9. The van der Waals surface area contributed by atoms with Gasteiger partial charge in [-0.15, -0.1) is 0 Å². The highest BCUT2D eigenvalue weighted by Crippen LogP contribution is 2.38. The number of morpholine rings is 1. The van der Waals surface area contributed by atoms with Gasteiger partial charge in [-0.1, -0.05) is 29.5 Å². The third-order valence-corrected chi connectivity index (χ3v) is 5.77. The second-order valence-electron chi connectivity index (χ2n) is 6.84. The van der Waals surface area contributed by atoms with Crippen LogP contribution in [-0.2, 0) is 4.74 Å². The van der Waals surface area contributed by atoms with E-state index < -0.39 is 5.97 Å². The molecule has 1 fully saturated rings.